The minimum absolute atomic E-state index is 0.187. The number of pyridine rings is 1. The molecule has 0 saturated heterocycles. The molecule has 5 rings (SSSR count). The molecule has 0 atom stereocenters. The third-order valence-corrected chi connectivity index (χ3v) is 5.41. The van der Waals surface area contributed by atoms with Crippen LogP contribution in [0.3, 0.4) is 0 Å². The van der Waals surface area contributed by atoms with Crippen molar-refractivity contribution in [2.24, 2.45) is 0 Å². The summed E-state index contributed by atoms with van der Waals surface area (Å²) in [5.74, 6) is 0.187. The number of nitrogens with zero attached hydrogens (tertiary/aromatic N) is 1. The number of hydrogen-bond donors (Lipinski definition) is 2. The lowest BCUT2D eigenvalue weighted by Gasteiger charge is -2.20. The van der Waals surface area contributed by atoms with Crippen LogP contribution in [0.4, 0.5) is 5.69 Å². The van der Waals surface area contributed by atoms with E-state index in [9.17, 15) is 4.79 Å². The van der Waals surface area contributed by atoms with Gasteiger partial charge >= 0.3 is 0 Å². The summed E-state index contributed by atoms with van der Waals surface area (Å²) in [5.41, 5.74) is 5.15. The highest BCUT2D eigenvalue weighted by Gasteiger charge is 2.48. The van der Waals surface area contributed by atoms with Crippen molar-refractivity contribution >= 4 is 22.5 Å². The number of benzene rings is 1. The number of H-pyrrole nitrogens is 1. The lowest BCUT2D eigenvalue weighted by Crippen LogP contribution is -2.30. The average Bonchev–Trinajstić information content (AvgIpc) is 3.27. The first-order valence-electron chi connectivity index (χ1n) is 8.15. The number of rotatable bonds is 1. The predicted octanol–water partition coefficient (Wildman–Crippen LogP) is 3.99. The van der Waals surface area contributed by atoms with Crippen LogP contribution in [0.2, 0.25) is 0 Å². The number of carbonyl (C=O) groups excluding carboxylic acids is 1. The fourth-order valence-electron chi connectivity index (χ4n) is 4.21. The minimum Gasteiger partial charge on any atom is -0.354 e. The molecular weight excluding hydrogens is 286 g/mol. The Bertz CT molecular complexity index is 920. The number of aromatic amines is 1. The highest BCUT2D eigenvalue weighted by molar-refractivity contribution is 6.09. The number of fused-ring (bicyclic) bond motifs is 3. The molecule has 2 aliphatic rings. The molecule has 0 unspecified atom stereocenters. The Morgan fingerprint density at radius 1 is 1.04 bits per heavy atom. The highest BCUT2D eigenvalue weighted by Crippen LogP contribution is 2.49. The van der Waals surface area contributed by atoms with Crippen molar-refractivity contribution in [1.82, 2.24) is 9.97 Å². The first-order valence-corrected chi connectivity index (χ1v) is 8.15. The van der Waals surface area contributed by atoms with Gasteiger partial charge in [0.25, 0.3) is 0 Å². The number of aromatic nitrogens is 2. The molecule has 1 fully saturated rings. The predicted molar refractivity (Wildman–Crippen MR) is 90.3 cm³/mol. The molecule has 3 heterocycles. The Labute approximate surface area is 133 Å². The summed E-state index contributed by atoms with van der Waals surface area (Å²) in [6.45, 7) is 0. The highest BCUT2D eigenvalue weighted by atomic mass is 16.2. The second-order valence-corrected chi connectivity index (χ2v) is 6.65. The fourth-order valence-corrected chi connectivity index (χ4v) is 4.21. The van der Waals surface area contributed by atoms with Crippen LogP contribution >= 0.6 is 0 Å². The SMILES string of the molecule is O=C1Nc2cc3[nH]c(-c4ccncc4)cc3cc2C12CCCC2. The largest absolute Gasteiger partial charge is 0.354 e. The van der Waals surface area contributed by atoms with Gasteiger partial charge in [0, 0.05) is 40.2 Å². The first-order chi connectivity index (χ1) is 11.3. The van der Waals surface area contributed by atoms with E-state index in [1.54, 1.807) is 12.4 Å². The molecule has 4 heteroatoms. The maximum Gasteiger partial charge on any atom is 0.235 e. The Morgan fingerprint density at radius 3 is 2.61 bits per heavy atom. The number of hydrogen-bond acceptors (Lipinski definition) is 2. The molecule has 1 amide bonds. The third-order valence-electron chi connectivity index (χ3n) is 5.41. The standard InChI is InChI=1S/C19H17N3O/c23-18-19(5-1-2-6-19)14-9-13-10-15(12-3-7-20-8-4-12)21-16(13)11-17(14)22-18/h3-4,7-11,21H,1-2,5-6H2,(H,22,23). The third kappa shape index (κ3) is 1.72. The second-order valence-electron chi connectivity index (χ2n) is 6.65. The zero-order chi connectivity index (χ0) is 15.4. The van der Waals surface area contributed by atoms with Crippen LogP contribution in [0, 0.1) is 0 Å². The lowest BCUT2D eigenvalue weighted by atomic mass is 9.80. The molecule has 3 aromatic rings. The van der Waals surface area contributed by atoms with E-state index in [0.29, 0.717) is 0 Å². The van der Waals surface area contributed by atoms with Crippen molar-refractivity contribution in [3.8, 4) is 11.3 Å². The quantitative estimate of drug-likeness (QED) is 0.714. The van der Waals surface area contributed by atoms with Crippen LogP contribution in [0.15, 0.2) is 42.7 Å². The van der Waals surface area contributed by atoms with Crippen molar-refractivity contribution in [1.29, 1.82) is 0 Å². The second kappa shape index (κ2) is 4.44. The topological polar surface area (TPSA) is 57.8 Å². The lowest BCUT2D eigenvalue weighted by molar-refractivity contribution is -0.120. The molecule has 23 heavy (non-hydrogen) atoms. The van der Waals surface area contributed by atoms with E-state index >= 15 is 0 Å². The van der Waals surface area contributed by atoms with E-state index in [-0.39, 0.29) is 11.3 Å². The first kappa shape index (κ1) is 12.9. The Kier molecular flexibility index (Phi) is 2.49. The maximum absolute atomic E-state index is 12.5. The summed E-state index contributed by atoms with van der Waals surface area (Å²) in [6, 6.07) is 10.4. The molecule has 2 N–H and O–H groups in total. The molecule has 0 radical (unpaired) electrons. The molecule has 0 bridgehead atoms. The van der Waals surface area contributed by atoms with Crippen LogP contribution in [0.5, 0.6) is 0 Å². The van der Waals surface area contributed by atoms with Crippen molar-refractivity contribution in [2.75, 3.05) is 5.32 Å². The van der Waals surface area contributed by atoms with Crippen molar-refractivity contribution in [2.45, 2.75) is 31.1 Å². The van der Waals surface area contributed by atoms with Gasteiger partial charge in [-0.2, -0.15) is 0 Å². The van der Waals surface area contributed by atoms with Gasteiger partial charge in [-0.15, -0.1) is 0 Å². The average molecular weight is 303 g/mol. The molecule has 114 valence electrons. The monoisotopic (exact) mass is 303 g/mol. The van der Waals surface area contributed by atoms with Gasteiger partial charge in [0.15, 0.2) is 0 Å². The van der Waals surface area contributed by atoms with E-state index in [4.69, 9.17) is 0 Å². The van der Waals surface area contributed by atoms with Gasteiger partial charge in [-0.05, 0) is 48.7 Å². The van der Waals surface area contributed by atoms with Gasteiger partial charge in [-0.1, -0.05) is 12.8 Å². The number of nitrogens with one attached hydrogen (secondary N) is 2. The van der Waals surface area contributed by atoms with Gasteiger partial charge < -0.3 is 10.3 Å². The Morgan fingerprint density at radius 2 is 1.83 bits per heavy atom. The van der Waals surface area contributed by atoms with Gasteiger partial charge in [0.2, 0.25) is 5.91 Å². The van der Waals surface area contributed by atoms with Gasteiger partial charge in [-0.25, -0.2) is 0 Å². The smallest absolute Gasteiger partial charge is 0.235 e. The normalized spacial score (nSPS) is 18.5. The molecular formula is C19H17N3O. The van der Waals surface area contributed by atoms with Crippen LogP contribution < -0.4 is 5.32 Å². The number of amides is 1. The molecule has 1 aromatic carbocycles. The minimum atomic E-state index is -0.280. The van der Waals surface area contributed by atoms with Crippen molar-refractivity contribution in [3.63, 3.8) is 0 Å². The summed E-state index contributed by atoms with van der Waals surface area (Å²) < 4.78 is 0. The van der Waals surface area contributed by atoms with Crippen molar-refractivity contribution < 1.29 is 4.79 Å². The van der Waals surface area contributed by atoms with Gasteiger partial charge in [0.1, 0.15) is 0 Å². The summed E-state index contributed by atoms with van der Waals surface area (Å²) in [5, 5.41) is 4.27. The van der Waals surface area contributed by atoms with E-state index < -0.39 is 0 Å². The maximum atomic E-state index is 12.5. The van der Waals surface area contributed by atoms with Crippen LogP contribution in [-0.2, 0) is 10.2 Å². The van der Waals surface area contributed by atoms with E-state index in [1.165, 1.54) is 10.9 Å². The number of anilines is 1. The zero-order valence-corrected chi connectivity index (χ0v) is 12.7. The molecule has 1 spiro atoms. The summed E-state index contributed by atoms with van der Waals surface area (Å²) in [4.78, 5) is 20.0. The Balaban J connectivity index is 1.68. The van der Waals surface area contributed by atoms with Gasteiger partial charge in [0.05, 0.1) is 5.41 Å². The zero-order valence-electron chi connectivity index (χ0n) is 12.7. The fraction of sp³-hybridized carbons (Fsp3) is 0.263. The number of carbonyl (C=O) groups is 1. The molecule has 2 aromatic heterocycles. The molecule has 1 aliphatic carbocycles. The van der Waals surface area contributed by atoms with Crippen LogP contribution in [-0.4, -0.2) is 15.9 Å². The van der Waals surface area contributed by atoms with Crippen LogP contribution in [0.25, 0.3) is 22.2 Å². The van der Waals surface area contributed by atoms with E-state index in [1.807, 2.05) is 12.1 Å². The summed E-state index contributed by atoms with van der Waals surface area (Å²) in [7, 11) is 0. The molecule has 4 nitrogen and oxygen atoms in total. The Hall–Kier alpha value is -2.62. The summed E-state index contributed by atoms with van der Waals surface area (Å²) >= 11 is 0. The molecule has 1 aliphatic heterocycles. The van der Waals surface area contributed by atoms with Gasteiger partial charge in [-0.3, -0.25) is 9.78 Å². The van der Waals surface area contributed by atoms with Crippen molar-refractivity contribution in [3.05, 3.63) is 48.3 Å². The van der Waals surface area contributed by atoms with E-state index in [2.05, 4.69) is 33.5 Å². The van der Waals surface area contributed by atoms with E-state index in [0.717, 1.165) is 48.1 Å². The van der Waals surface area contributed by atoms with Crippen LogP contribution in [0.1, 0.15) is 31.2 Å². The summed E-state index contributed by atoms with van der Waals surface area (Å²) in [6.07, 6.45) is 7.82. The molecule has 1 saturated carbocycles.